The summed E-state index contributed by atoms with van der Waals surface area (Å²) in [5, 5.41) is 0.108. The lowest BCUT2D eigenvalue weighted by Crippen LogP contribution is -2.32. The highest BCUT2D eigenvalue weighted by atomic mass is 35.5. The molecule has 0 aliphatic carbocycles. The maximum Gasteiger partial charge on any atom is 0.305 e. The molecule has 0 N–H and O–H groups in total. The minimum absolute atomic E-state index is 0.108. The minimum atomic E-state index is -0.474. The van der Waals surface area contributed by atoms with E-state index in [0.29, 0.717) is 13.0 Å². The molecule has 0 saturated carbocycles. The number of amides is 1. The molecule has 1 rings (SSSR count). The molecular formula is C14H17ClFNO4. The Morgan fingerprint density at radius 3 is 2.71 bits per heavy atom. The van der Waals surface area contributed by atoms with Gasteiger partial charge in [0.1, 0.15) is 11.6 Å². The van der Waals surface area contributed by atoms with Gasteiger partial charge in [-0.2, -0.15) is 0 Å². The number of likely N-dealkylation sites (N-methyl/N-ethyl adjacent to an activating group) is 1. The van der Waals surface area contributed by atoms with E-state index in [1.165, 1.54) is 24.1 Å². The van der Waals surface area contributed by atoms with E-state index < -0.39 is 5.82 Å². The van der Waals surface area contributed by atoms with Gasteiger partial charge in [-0.3, -0.25) is 9.59 Å². The Labute approximate surface area is 127 Å². The summed E-state index contributed by atoms with van der Waals surface area (Å²) >= 11 is 5.79. The summed E-state index contributed by atoms with van der Waals surface area (Å²) in [5.41, 5.74) is 0. The highest BCUT2D eigenvalue weighted by molar-refractivity contribution is 6.32. The standard InChI is InChI=1S/C14H17ClFNO4/c1-17(7-3-4-14(19)20-2)13(18)9-21-12-6-5-10(16)8-11(12)15/h5-6,8H,3-4,7,9H2,1-2H3. The number of rotatable bonds is 7. The number of benzene rings is 1. The number of carbonyl (C=O) groups is 2. The van der Waals surface area contributed by atoms with Crippen LogP contribution < -0.4 is 4.74 Å². The quantitative estimate of drug-likeness (QED) is 0.724. The molecule has 7 heteroatoms. The van der Waals surface area contributed by atoms with Crippen LogP contribution in [0.15, 0.2) is 18.2 Å². The fourth-order valence-electron chi connectivity index (χ4n) is 1.53. The minimum Gasteiger partial charge on any atom is -0.482 e. The average Bonchev–Trinajstić information content (AvgIpc) is 2.45. The third kappa shape index (κ3) is 5.99. The highest BCUT2D eigenvalue weighted by Crippen LogP contribution is 2.24. The van der Waals surface area contributed by atoms with Crippen LogP contribution in [0.2, 0.25) is 5.02 Å². The molecular weight excluding hydrogens is 301 g/mol. The number of carbonyl (C=O) groups excluding carboxylic acids is 2. The summed E-state index contributed by atoms with van der Waals surface area (Å²) in [6.07, 6.45) is 0.755. The van der Waals surface area contributed by atoms with Gasteiger partial charge in [0.25, 0.3) is 5.91 Å². The van der Waals surface area contributed by atoms with E-state index in [0.717, 1.165) is 6.07 Å². The summed E-state index contributed by atoms with van der Waals surface area (Å²) in [4.78, 5) is 24.2. The van der Waals surface area contributed by atoms with E-state index in [-0.39, 0.29) is 35.7 Å². The van der Waals surface area contributed by atoms with Crippen molar-refractivity contribution < 1.29 is 23.5 Å². The molecule has 116 valence electrons. The van der Waals surface area contributed by atoms with Crippen molar-refractivity contribution in [1.29, 1.82) is 0 Å². The lowest BCUT2D eigenvalue weighted by molar-refractivity contribution is -0.141. The molecule has 0 aromatic heterocycles. The number of esters is 1. The number of halogens is 2. The van der Waals surface area contributed by atoms with Crippen LogP contribution in [0.25, 0.3) is 0 Å². The number of nitrogens with zero attached hydrogens (tertiary/aromatic N) is 1. The van der Waals surface area contributed by atoms with Gasteiger partial charge in [-0.1, -0.05) is 11.6 Å². The third-order valence-electron chi connectivity index (χ3n) is 2.77. The number of methoxy groups -OCH3 is 1. The molecule has 0 spiro atoms. The Morgan fingerprint density at radius 1 is 1.38 bits per heavy atom. The lowest BCUT2D eigenvalue weighted by atomic mass is 10.3. The molecule has 0 unspecified atom stereocenters. The summed E-state index contributed by atoms with van der Waals surface area (Å²) < 4.78 is 22.6. The van der Waals surface area contributed by atoms with Gasteiger partial charge in [-0.15, -0.1) is 0 Å². The predicted octanol–water partition coefficient (Wildman–Crippen LogP) is 2.27. The zero-order valence-corrected chi connectivity index (χ0v) is 12.7. The van der Waals surface area contributed by atoms with Gasteiger partial charge >= 0.3 is 5.97 Å². The first kappa shape index (κ1) is 17.2. The van der Waals surface area contributed by atoms with Crippen molar-refractivity contribution in [3.63, 3.8) is 0 Å². The van der Waals surface area contributed by atoms with Gasteiger partial charge in [0, 0.05) is 20.0 Å². The van der Waals surface area contributed by atoms with Crippen molar-refractivity contribution in [3.05, 3.63) is 29.0 Å². The van der Waals surface area contributed by atoms with Gasteiger partial charge in [0.2, 0.25) is 0 Å². The maximum absolute atomic E-state index is 12.9. The molecule has 5 nitrogen and oxygen atoms in total. The van der Waals surface area contributed by atoms with E-state index in [1.54, 1.807) is 7.05 Å². The summed E-state index contributed by atoms with van der Waals surface area (Å²) in [6.45, 7) is 0.203. The average molecular weight is 318 g/mol. The first-order valence-corrected chi connectivity index (χ1v) is 6.70. The Morgan fingerprint density at radius 2 is 2.10 bits per heavy atom. The van der Waals surface area contributed by atoms with Crippen LogP contribution in [0.3, 0.4) is 0 Å². The van der Waals surface area contributed by atoms with Gasteiger partial charge in [0.15, 0.2) is 6.61 Å². The molecule has 0 radical (unpaired) electrons. The third-order valence-corrected chi connectivity index (χ3v) is 3.07. The van der Waals surface area contributed by atoms with Crippen LogP contribution in [0.5, 0.6) is 5.75 Å². The van der Waals surface area contributed by atoms with Crippen molar-refractivity contribution in [1.82, 2.24) is 4.90 Å². The van der Waals surface area contributed by atoms with Crippen LogP contribution >= 0.6 is 11.6 Å². The summed E-state index contributed by atoms with van der Waals surface area (Å²) in [6, 6.07) is 3.68. The van der Waals surface area contributed by atoms with Crippen molar-refractivity contribution in [2.24, 2.45) is 0 Å². The summed E-state index contributed by atoms with van der Waals surface area (Å²) in [7, 11) is 2.92. The van der Waals surface area contributed by atoms with Crippen LogP contribution in [0.4, 0.5) is 4.39 Å². The number of ether oxygens (including phenoxy) is 2. The highest BCUT2D eigenvalue weighted by Gasteiger charge is 2.12. The molecule has 0 aliphatic heterocycles. The Kier molecular flexibility index (Phi) is 6.94. The second-order valence-electron chi connectivity index (χ2n) is 4.36. The summed E-state index contributed by atoms with van der Waals surface area (Å²) in [5.74, 6) is -0.807. The Hall–Kier alpha value is -1.82. The Bertz CT molecular complexity index is 510. The molecule has 0 fully saturated rings. The first-order valence-electron chi connectivity index (χ1n) is 6.32. The molecule has 21 heavy (non-hydrogen) atoms. The van der Waals surface area contributed by atoms with E-state index in [1.807, 2.05) is 0 Å². The number of hydrogen-bond acceptors (Lipinski definition) is 4. The molecule has 0 saturated heterocycles. The van der Waals surface area contributed by atoms with E-state index in [2.05, 4.69) is 4.74 Å². The smallest absolute Gasteiger partial charge is 0.305 e. The van der Waals surface area contributed by atoms with Crippen molar-refractivity contribution in [2.75, 3.05) is 27.3 Å². The first-order chi connectivity index (χ1) is 9.93. The molecule has 0 bridgehead atoms. The maximum atomic E-state index is 12.9. The fourth-order valence-corrected chi connectivity index (χ4v) is 1.75. The predicted molar refractivity (Wildman–Crippen MR) is 75.8 cm³/mol. The topological polar surface area (TPSA) is 55.8 Å². The van der Waals surface area contributed by atoms with Gasteiger partial charge < -0.3 is 14.4 Å². The largest absolute Gasteiger partial charge is 0.482 e. The molecule has 1 aromatic carbocycles. The normalized spacial score (nSPS) is 10.1. The molecule has 0 atom stereocenters. The van der Waals surface area contributed by atoms with Crippen molar-refractivity contribution in [3.8, 4) is 5.75 Å². The molecule has 1 amide bonds. The van der Waals surface area contributed by atoms with Crippen molar-refractivity contribution in [2.45, 2.75) is 12.8 Å². The zero-order chi connectivity index (χ0) is 15.8. The fraction of sp³-hybridized carbons (Fsp3) is 0.429. The van der Waals surface area contributed by atoms with Crippen LogP contribution in [-0.4, -0.2) is 44.1 Å². The zero-order valence-electron chi connectivity index (χ0n) is 11.9. The second-order valence-corrected chi connectivity index (χ2v) is 4.77. The lowest BCUT2D eigenvalue weighted by Gasteiger charge is -2.17. The van der Waals surface area contributed by atoms with E-state index in [4.69, 9.17) is 16.3 Å². The SMILES string of the molecule is COC(=O)CCCN(C)C(=O)COc1ccc(F)cc1Cl. The van der Waals surface area contributed by atoms with E-state index >= 15 is 0 Å². The van der Waals surface area contributed by atoms with Crippen LogP contribution in [0.1, 0.15) is 12.8 Å². The molecule has 0 heterocycles. The van der Waals surface area contributed by atoms with Gasteiger partial charge in [-0.25, -0.2) is 4.39 Å². The number of hydrogen-bond donors (Lipinski definition) is 0. The van der Waals surface area contributed by atoms with Gasteiger partial charge in [-0.05, 0) is 24.6 Å². The van der Waals surface area contributed by atoms with Crippen LogP contribution in [-0.2, 0) is 14.3 Å². The molecule has 0 aliphatic rings. The van der Waals surface area contributed by atoms with E-state index in [9.17, 15) is 14.0 Å². The molecule has 1 aromatic rings. The second kappa shape index (κ2) is 8.46. The van der Waals surface area contributed by atoms with Crippen LogP contribution in [0, 0.1) is 5.82 Å². The van der Waals surface area contributed by atoms with Crippen molar-refractivity contribution >= 4 is 23.5 Å². The Balaban J connectivity index is 2.37. The monoisotopic (exact) mass is 317 g/mol. The van der Waals surface area contributed by atoms with Gasteiger partial charge in [0.05, 0.1) is 12.1 Å².